The van der Waals surface area contributed by atoms with E-state index in [1.807, 2.05) is 23.1 Å². The van der Waals surface area contributed by atoms with Gasteiger partial charge in [-0.1, -0.05) is 54.6 Å². The van der Waals surface area contributed by atoms with Crippen LogP contribution < -0.4 is 0 Å². The number of rotatable bonds is 6. The number of hydrogen-bond acceptors (Lipinski definition) is 4. The van der Waals surface area contributed by atoms with Crippen molar-refractivity contribution in [3.05, 3.63) is 77.6 Å². The van der Waals surface area contributed by atoms with Crippen LogP contribution in [-0.4, -0.2) is 79.6 Å². The van der Waals surface area contributed by atoms with E-state index in [9.17, 15) is 9.18 Å². The molecule has 2 aliphatic heterocycles. The van der Waals surface area contributed by atoms with Gasteiger partial charge in [0, 0.05) is 39.3 Å². The van der Waals surface area contributed by atoms with Crippen LogP contribution in [0.5, 0.6) is 0 Å². The third-order valence-electron chi connectivity index (χ3n) is 5.96. The van der Waals surface area contributed by atoms with E-state index in [1.54, 1.807) is 12.1 Å². The van der Waals surface area contributed by atoms with Gasteiger partial charge in [-0.2, -0.15) is 0 Å². The Balaban J connectivity index is 1.20. The van der Waals surface area contributed by atoms with E-state index >= 15 is 0 Å². The molecule has 31 heavy (non-hydrogen) atoms. The highest BCUT2D eigenvalue weighted by Gasteiger charge is 2.27. The summed E-state index contributed by atoms with van der Waals surface area (Å²) in [5.41, 5.74) is 2.13. The molecule has 4 rings (SSSR count). The molecule has 0 spiro atoms. The van der Waals surface area contributed by atoms with Crippen LogP contribution in [0.1, 0.15) is 17.2 Å². The minimum Gasteiger partial charge on any atom is -0.370 e. The van der Waals surface area contributed by atoms with Gasteiger partial charge < -0.3 is 9.64 Å². The second-order valence-electron chi connectivity index (χ2n) is 8.14. The van der Waals surface area contributed by atoms with Crippen LogP contribution in [0.25, 0.3) is 6.08 Å². The third kappa shape index (κ3) is 6.23. The maximum atomic E-state index is 13.2. The smallest absolute Gasteiger partial charge is 0.236 e. The molecule has 2 saturated heterocycles. The first kappa shape index (κ1) is 21.7. The van der Waals surface area contributed by atoms with Crippen LogP contribution in [0.4, 0.5) is 4.39 Å². The van der Waals surface area contributed by atoms with Gasteiger partial charge in [-0.3, -0.25) is 14.6 Å². The van der Waals surface area contributed by atoms with E-state index < -0.39 is 0 Å². The van der Waals surface area contributed by atoms with Gasteiger partial charge in [0.15, 0.2) is 0 Å². The molecule has 0 radical (unpaired) electrons. The minimum atomic E-state index is -0.262. The number of piperazine rings is 1. The van der Waals surface area contributed by atoms with Gasteiger partial charge in [-0.15, -0.1) is 0 Å². The molecule has 1 amide bonds. The van der Waals surface area contributed by atoms with Crippen molar-refractivity contribution in [3.8, 4) is 0 Å². The lowest BCUT2D eigenvalue weighted by Crippen LogP contribution is -2.51. The second kappa shape index (κ2) is 10.7. The zero-order valence-corrected chi connectivity index (χ0v) is 17.8. The van der Waals surface area contributed by atoms with Gasteiger partial charge in [0.2, 0.25) is 5.91 Å². The Hall–Kier alpha value is -2.54. The number of carbonyl (C=O) groups excluding carboxylic acids is 1. The number of nitrogens with zero attached hydrogens (tertiary/aromatic N) is 3. The molecular weight excluding hydrogens is 393 g/mol. The van der Waals surface area contributed by atoms with Crippen molar-refractivity contribution >= 4 is 12.0 Å². The molecular formula is C25H30FN3O2. The molecule has 0 aromatic heterocycles. The minimum absolute atomic E-state index is 0.146. The van der Waals surface area contributed by atoms with Crippen LogP contribution in [0.15, 0.2) is 60.7 Å². The fraction of sp³-hybridized carbons (Fsp3) is 0.400. The normalized spacial score (nSPS) is 20.9. The first-order valence-corrected chi connectivity index (χ1v) is 11.0. The van der Waals surface area contributed by atoms with Crippen molar-refractivity contribution in [1.29, 1.82) is 0 Å². The Bertz CT molecular complexity index is 864. The van der Waals surface area contributed by atoms with Crippen molar-refractivity contribution in [1.82, 2.24) is 14.7 Å². The standard InChI is InChI=1S/C25H30FN3O2/c26-23-10-8-22(9-11-23)24-19-29(17-18-31-24)25(30)20-28-15-13-27(14-16-28)12-4-7-21-5-2-1-3-6-21/h1-11,24H,12-20H2/b7-4+. The Morgan fingerprint density at radius 2 is 1.68 bits per heavy atom. The van der Waals surface area contributed by atoms with Crippen molar-refractivity contribution < 1.29 is 13.9 Å². The zero-order valence-electron chi connectivity index (χ0n) is 17.8. The number of ether oxygens (including phenoxy) is 1. The highest BCUT2D eigenvalue weighted by molar-refractivity contribution is 5.78. The summed E-state index contributed by atoms with van der Waals surface area (Å²) in [6.45, 7) is 6.75. The Morgan fingerprint density at radius 3 is 2.42 bits per heavy atom. The molecule has 2 aromatic carbocycles. The van der Waals surface area contributed by atoms with E-state index in [4.69, 9.17) is 4.74 Å². The van der Waals surface area contributed by atoms with Crippen molar-refractivity contribution in [2.75, 3.05) is 59.0 Å². The summed E-state index contributed by atoms with van der Waals surface area (Å²) in [6.07, 6.45) is 4.18. The Morgan fingerprint density at radius 1 is 0.968 bits per heavy atom. The van der Waals surface area contributed by atoms with E-state index in [0.717, 1.165) is 38.3 Å². The summed E-state index contributed by atoms with van der Waals surface area (Å²) in [5.74, 6) is -0.116. The number of amides is 1. The van der Waals surface area contributed by atoms with Gasteiger partial charge in [0.05, 0.1) is 19.7 Å². The Kier molecular flexibility index (Phi) is 7.46. The number of carbonyl (C=O) groups is 1. The second-order valence-corrected chi connectivity index (χ2v) is 8.14. The summed E-state index contributed by atoms with van der Waals surface area (Å²) in [4.78, 5) is 19.4. The van der Waals surface area contributed by atoms with Crippen molar-refractivity contribution in [3.63, 3.8) is 0 Å². The molecule has 1 unspecified atom stereocenters. The number of morpholine rings is 1. The predicted molar refractivity (Wildman–Crippen MR) is 120 cm³/mol. The van der Waals surface area contributed by atoms with Gasteiger partial charge in [0.25, 0.3) is 0 Å². The number of halogens is 1. The van der Waals surface area contributed by atoms with Gasteiger partial charge in [0.1, 0.15) is 11.9 Å². The molecule has 2 heterocycles. The quantitative estimate of drug-likeness (QED) is 0.716. The molecule has 2 aliphatic rings. The Labute approximate surface area is 183 Å². The van der Waals surface area contributed by atoms with E-state index in [0.29, 0.717) is 26.2 Å². The fourth-order valence-electron chi connectivity index (χ4n) is 4.08. The zero-order chi connectivity index (χ0) is 21.5. The lowest BCUT2D eigenvalue weighted by atomic mass is 10.1. The van der Waals surface area contributed by atoms with Gasteiger partial charge in [-0.05, 0) is 23.3 Å². The first-order valence-electron chi connectivity index (χ1n) is 11.0. The summed E-state index contributed by atoms with van der Waals surface area (Å²) in [7, 11) is 0. The number of hydrogen-bond donors (Lipinski definition) is 0. The highest BCUT2D eigenvalue weighted by Crippen LogP contribution is 2.22. The van der Waals surface area contributed by atoms with Crippen LogP contribution in [0.3, 0.4) is 0 Å². The summed E-state index contributed by atoms with van der Waals surface area (Å²) in [5, 5.41) is 0. The van der Waals surface area contributed by atoms with E-state index in [1.165, 1.54) is 17.7 Å². The topological polar surface area (TPSA) is 36.0 Å². The molecule has 0 aliphatic carbocycles. The summed E-state index contributed by atoms with van der Waals surface area (Å²) < 4.78 is 19.0. The van der Waals surface area contributed by atoms with Gasteiger partial charge in [-0.25, -0.2) is 4.39 Å². The molecule has 0 saturated carbocycles. The van der Waals surface area contributed by atoms with Crippen LogP contribution in [-0.2, 0) is 9.53 Å². The predicted octanol–water partition coefficient (Wildman–Crippen LogP) is 3.06. The third-order valence-corrected chi connectivity index (χ3v) is 5.96. The molecule has 0 N–H and O–H groups in total. The van der Waals surface area contributed by atoms with Crippen LogP contribution in [0.2, 0.25) is 0 Å². The SMILES string of the molecule is O=C(CN1CCN(C/C=C/c2ccccc2)CC1)N1CCOC(c2ccc(F)cc2)C1. The fourth-order valence-corrected chi connectivity index (χ4v) is 4.08. The van der Waals surface area contributed by atoms with Crippen molar-refractivity contribution in [2.24, 2.45) is 0 Å². The highest BCUT2D eigenvalue weighted by atomic mass is 19.1. The molecule has 0 bridgehead atoms. The lowest BCUT2D eigenvalue weighted by molar-refractivity contribution is -0.140. The monoisotopic (exact) mass is 423 g/mol. The molecule has 1 atom stereocenters. The lowest BCUT2D eigenvalue weighted by Gasteiger charge is -2.37. The molecule has 5 nitrogen and oxygen atoms in total. The maximum absolute atomic E-state index is 13.2. The molecule has 2 aromatic rings. The molecule has 164 valence electrons. The summed E-state index contributed by atoms with van der Waals surface area (Å²) >= 11 is 0. The average molecular weight is 424 g/mol. The van der Waals surface area contributed by atoms with E-state index in [2.05, 4.69) is 34.1 Å². The van der Waals surface area contributed by atoms with Crippen LogP contribution in [0, 0.1) is 5.82 Å². The number of benzene rings is 2. The largest absolute Gasteiger partial charge is 0.370 e. The van der Waals surface area contributed by atoms with E-state index in [-0.39, 0.29) is 17.8 Å². The van der Waals surface area contributed by atoms with Crippen molar-refractivity contribution in [2.45, 2.75) is 6.10 Å². The maximum Gasteiger partial charge on any atom is 0.236 e. The summed E-state index contributed by atoms with van der Waals surface area (Å²) in [6, 6.07) is 16.7. The first-order chi connectivity index (χ1) is 15.2. The molecule has 2 fully saturated rings. The van der Waals surface area contributed by atoms with Gasteiger partial charge >= 0.3 is 0 Å². The average Bonchev–Trinajstić information content (AvgIpc) is 2.81. The van der Waals surface area contributed by atoms with Crippen LogP contribution >= 0.6 is 0 Å². The molecule has 6 heteroatoms.